The molecule has 4 aromatic rings. The third kappa shape index (κ3) is 3.96. The molecule has 6 nitrogen and oxygen atoms in total. The van der Waals surface area contributed by atoms with Crippen LogP contribution in [0.15, 0.2) is 57.9 Å². The van der Waals surface area contributed by atoms with Gasteiger partial charge in [0.05, 0.1) is 5.69 Å². The van der Waals surface area contributed by atoms with E-state index in [4.69, 9.17) is 0 Å². The molecule has 0 aliphatic rings. The Hall–Kier alpha value is -2.45. The quantitative estimate of drug-likeness (QED) is 0.447. The summed E-state index contributed by atoms with van der Waals surface area (Å²) in [5.41, 5.74) is 2.02. The molecule has 8 heteroatoms. The third-order valence-electron chi connectivity index (χ3n) is 4.30. The van der Waals surface area contributed by atoms with Gasteiger partial charge < -0.3 is 4.57 Å². The monoisotopic (exact) mass is 397 g/mol. The zero-order chi connectivity index (χ0) is 18.6. The summed E-state index contributed by atoms with van der Waals surface area (Å²) in [5.74, 6) is 1.59. The summed E-state index contributed by atoms with van der Waals surface area (Å²) in [6.07, 6.45) is 3.54. The number of hydrogen-bond acceptors (Lipinski definition) is 6. The maximum Gasteiger partial charge on any atom is 0.258 e. The zero-order valence-electron chi connectivity index (χ0n) is 14.9. The fourth-order valence-corrected chi connectivity index (χ4v) is 4.58. The highest BCUT2D eigenvalue weighted by molar-refractivity contribution is 7.98. The smallest absolute Gasteiger partial charge is 0.258 e. The van der Waals surface area contributed by atoms with Crippen LogP contribution in [0.3, 0.4) is 0 Å². The van der Waals surface area contributed by atoms with Gasteiger partial charge in [-0.15, -0.1) is 21.5 Å². The molecule has 27 heavy (non-hydrogen) atoms. The van der Waals surface area contributed by atoms with Crippen LogP contribution in [0.5, 0.6) is 0 Å². The van der Waals surface area contributed by atoms with Gasteiger partial charge >= 0.3 is 0 Å². The summed E-state index contributed by atoms with van der Waals surface area (Å²) < 4.78 is 3.71. The highest BCUT2D eigenvalue weighted by Gasteiger charge is 2.12. The van der Waals surface area contributed by atoms with Crippen molar-refractivity contribution in [3.8, 4) is 0 Å². The Morgan fingerprint density at radius 2 is 2.00 bits per heavy atom. The normalized spacial score (nSPS) is 11.3. The van der Waals surface area contributed by atoms with Gasteiger partial charge in [0.15, 0.2) is 10.1 Å². The lowest BCUT2D eigenvalue weighted by Gasteiger charge is -2.07. The highest BCUT2D eigenvalue weighted by atomic mass is 32.2. The number of aryl methyl sites for hydroxylation is 2. The van der Waals surface area contributed by atoms with Crippen molar-refractivity contribution < 1.29 is 0 Å². The lowest BCUT2D eigenvalue weighted by atomic mass is 10.1. The molecule has 0 fully saturated rings. The Kier molecular flexibility index (Phi) is 5.35. The van der Waals surface area contributed by atoms with E-state index < -0.39 is 0 Å². The molecule has 0 aliphatic heterocycles. The Labute approximate surface area is 164 Å². The molecule has 138 valence electrons. The van der Waals surface area contributed by atoms with Gasteiger partial charge in [-0.3, -0.25) is 9.20 Å². The van der Waals surface area contributed by atoms with E-state index in [0.717, 1.165) is 41.0 Å². The first-order valence-corrected chi connectivity index (χ1v) is 10.7. The minimum atomic E-state index is -0.0441. The maximum atomic E-state index is 12.1. The first-order valence-electron chi connectivity index (χ1n) is 8.79. The van der Waals surface area contributed by atoms with Crippen LogP contribution < -0.4 is 5.56 Å². The van der Waals surface area contributed by atoms with Crippen molar-refractivity contribution in [1.29, 1.82) is 0 Å². The Balaban J connectivity index is 1.47. The molecule has 0 saturated carbocycles. The van der Waals surface area contributed by atoms with Crippen LogP contribution in [0, 0.1) is 0 Å². The molecule has 0 radical (unpaired) electrons. The summed E-state index contributed by atoms with van der Waals surface area (Å²) >= 11 is 3.03. The van der Waals surface area contributed by atoms with E-state index >= 15 is 0 Å². The van der Waals surface area contributed by atoms with Crippen molar-refractivity contribution >= 4 is 28.1 Å². The fourth-order valence-electron chi connectivity index (χ4n) is 2.93. The van der Waals surface area contributed by atoms with Crippen molar-refractivity contribution in [3.63, 3.8) is 0 Å². The third-order valence-corrected chi connectivity index (χ3v) is 6.05. The van der Waals surface area contributed by atoms with Crippen molar-refractivity contribution in [1.82, 2.24) is 24.1 Å². The van der Waals surface area contributed by atoms with Crippen molar-refractivity contribution in [2.24, 2.45) is 0 Å². The SMILES string of the molecule is CCn1c(CCc2ccccc2)nnc1SCc1cc(=O)n2ccsc2n1. The van der Waals surface area contributed by atoms with E-state index in [1.807, 2.05) is 11.4 Å². The lowest BCUT2D eigenvalue weighted by molar-refractivity contribution is 0.637. The first-order chi connectivity index (χ1) is 13.2. The molecule has 0 N–H and O–H groups in total. The molecule has 0 aliphatic carbocycles. The highest BCUT2D eigenvalue weighted by Crippen LogP contribution is 2.22. The first kappa shape index (κ1) is 17.9. The number of fused-ring (bicyclic) bond motifs is 1. The van der Waals surface area contributed by atoms with E-state index in [-0.39, 0.29) is 5.56 Å². The average molecular weight is 398 g/mol. The van der Waals surface area contributed by atoms with Gasteiger partial charge in [-0.05, 0) is 18.9 Å². The summed E-state index contributed by atoms with van der Waals surface area (Å²) in [6.45, 7) is 2.92. The molecule has 3 aromatic heterocycles. The fraction of sp³-hybridized carbons (Fsp3) is 0.263. The zero-order valence-corrected chi connectivity index (χ0v) is 16.5. The summed E-state index contributed by atoms with van der Waals surface area (Å²) in [6, 6.07) is 12.0. The van der Waals surface area contributed by atoms with Gasteiger partial charge in [-0.25, -0.2) is 4.98 Å². The van der Waals surface area contributed by atoms with Crippen LogP contribution in [0.2, 0.25) is 0 Å². The van der Waals surface area contributed by atoms with Gasteiger partial charge in [-0.1, -0.05) is 42.1 Å². The average Bonchev–Trinajstić information content (AvgIpc) is 3.32. The van der Waals surface area contributed by atoms with Gasteiger partial charge in [0.25, 0.3) is 5.56 Å². The number of aromatic nitrogens is 5. The molecule has 0 spiro atoms. The van der Waals surface area contributed by atoms with Gasteiger partial charge in [0.1, 0.15) is 5.82 Å². The number of nitrogens with zero attached hydrogens (tertiary/aromatic N) is 5. The van der Waals surface area contributed by atoms with Crippen molar-refractivity contribution in [2.45, 2.75) is 37.2 Å². The van der Waals surface area contributed by atoms with Gasteiger partial charge in [0.2, 0.25) is 0 Å². The van der Waals surface area contributed by atoms with E-state index in [1.165, 1.54) is 16.9 Å². The van der Waals surface area contributed by atoms with Crippen LogP contribution in [-0.2, 0) is 25.1 Å². The number of hydrogen-bond donors (Lipinski definition) is 0. The molecular weight excluding hydrogens is 378 g/mol. The molecule has 0 amide bonds. The maximum absolute atomic E-state index is 12.1. The molecule has 0 unspecified atom stereocenters. The standard InChI is InChI=1S/C19H19N5OS2/c1-2-23-16(9-8-14-6-4-3-5-7-14)21-22-19(23)27-13-15-12-17(25)24-10-11-26-18(24)20-15/h3-7,10-12H,2,8-9,13H2,1H3. The molecule has 0 atom stereocenters. The molecule has 0 saturated heterocycles. The van der Waals surface area contributed by atoms with Crippen LogP contribution >= 0.6 is 23.1 Å². The number of benzene rings is 1. The number of rotatable bonds is 7. The molecule has 4 rings (SSSR count). The number of thiazole rings is 1. The minimum absolute atomic E-state index is 0.0441. The predicted molar refractivity (Wildman–Crippen MR) is 108 cm³/mol. The van der Waals surface area contributed by atoms with Gasteiger partial charge in [0, 0.05) is 36.4 Å². The summed E-state index contributed by atoms with van der Waals surface area (Å²) in [4.78, 5) is 17.4. The Bertz CT molecular complexity index is 1100. The van der Waals surface area contributed by atoms with Crippen LogP contribution in [0.4, 0.5) is 0 Å². The van der Waals surface area contributed by atoms with Crippen molar-refractivity contribution in [2.75, 3.05) is 0 Å². The second kappa shape index (κ2) is 8.06. The predicted octanol–water partition coefficient (Wildman–Crippen LogP) is 3.44. The Morgan fingerprint density at radius 1 is 1.15 bits per heavy atom. The van der Waals surface area contributed by atoms with E-state index in [9.17, 15) is 4.79 Å². The second-order valence-corrected chi connectivity index (χ2v) is 7.87. The van der Waals surface area contributed by atoms with Crippen LogP contribution in [0.1, 0.15) is 24.0 Å². The largest absolute Gasteiger partial charge is 0.306 e. The van der Waals surface area contributed by atoms with E-state index in [2.05, 4.69) is 50.9 Å². The summed E-state index contributed by atoms with van der Waals surface area (Å²) in [7, 11) is 0. The second-order valence-electron chi connectivity index (χ2n) is 6.06. The lowest BCUT2D eigenvalue weighted by Crippen LogP contribution is -2.12. The van der Waals surface area contributed by atoms with Crippen LogP contribution in [0.25, 0.3) is 4.96 Å². The van der Waals surface area contributed by atoms with Crippen molar-refractivity contribution in [3.05, 3.63) is 75.4 Å². The Morgan fingerprint density at radius 3 is 2.81 bits per heavy atom. The molecule has 3 heterocycles. The van der Waals surface area contributed by atoms with Crippen LogP contribution in [-0.4, -0.2) is 24.1 Å². The number of thioether (sulfide) groups is 1. The minimum Gasteiger partial charge on any atom is -0.306 e. The molecule has 1 aromatic carbocycles. The summed E-state index contributed by atoms with van der Waals surface area (Å²) in [5, 5.41) is 11.5. The molecule has 0 bridgehead atoms. The molecular formula is C19H19N5OS2. The van der Waals surface area contributed by atoms with E-state index in [1.54, 1.807) is 28.4 Å². The van der Waals surface area contributed by atoms with E-state index in [0.29, 0.717) is 5.75 Å². The topological polar surface area (TPSA) is 65.1 Å². The van der Waals surface area contributed by atoms with Gasteiger partial charge in [-0.2, -0.15) is 0 Å².